The second kappa shape index (κ2) is 9.16. The predicted octanol–water partition coefficient (Wildman–Crippen LogP) is 3.17. The molecule has 1 aliphatic heterocycles. The van der Waals surface area contributed by atoms with E-state index in [1.54, 1.807) is 5.12 Å². The van der Waals surface area contributed by atoms with Gasteiger partial charge in [0.15, 0.2) is 5.82 Å². The average Bonchev–Trinajstić information content (AvgIpc) is 3.00. The summed E-state index contributed by atoms with van der Waals surface area (Å²) in [6.45, 7) is 11.1. The number of nitrogen functional groups attached to an aromatic ring is 1. The van der Waals surface area contributed by atoms with Gasteiger partial charge in [-0.2, -0.15) is 0 Å². The molecular formula is C22H35N7O. The number of aromatic nitrogens is 2. The quantitative estimate of drug-likeness (QED) is 0.385. The number of anilines is 3. The molecule has 6 N–H and O–H groups in total. The molecule has 2 heterocycles. The van der Waals surface area contributed by atoms with Gasteiger partial charge in [-0.05, 0) is 37.8 Å². The van der Waals surface area contributed by atoms with E-state index < -0.39 is 0 Å². The first-order valence-electron chi connectivity index (χ1n) is 10.7. The van der Waals surface area contributed by atoms with Crippen LogP contribution in [-0.4, -0.2) is 32.8 Å². The van der Waals surface area contributed by atoms with E-state index in [0.717, 1.165) is 34.9 Å². The van der Waals surface area contributed by atoms with Crippen LogP contribution in [0.25, 0.3) is 0 Å². The molecule has 0 aliphatic carbocycles. The lowest BCUT2D eigenvalue weighted by atomic mass is 10.00. The van der Waals surface area contributed by atoms with Gasteiger partial charge in [0.25, 0.3) is 0 Å². The number of hydrazine groups is 2. The molecule has 0 spiro atoms. The van der Waals surface area contributed by atoms with Crippen molar-refractivity contribution in [3.63, 3.8) is 0 Å². The van der Waals surface area contributed by atoms with Crippen LogP contribution in [0.4, 0.5) is 17.2 Å². The molecule has 1 aromatic carbocycles. The van der Waals surface area contributed by atoms with E-state index in [-0.39, 0.29) is 30.5 Å². The van der Waals surface area contributed by atoms with Crippen molar-refractivity contribution < 1.29 is 5.11 Å². The Kier molecular flexibility index (Phi) is 6.80. The monoisotopic (exact) mass is 413 g/mol. The minimum absolute atomic E-state index is 0.00688. The van der Waals surface area contributed by atoms with Gasteiger partial charge in [-0.25, -0.2) is 15.8 Å². The van der Waals surface area contributed by atoms with Crippen molar-refractivity contribution in [3.05, 3.63) is 41.3 Å². The Balaban J connectivity index is 2.12. The van der Waals surface area contributed by atoms with E-state index in [0.29, 0.717) is 12.4 Å². The van der Waals surface area contributed by atoms with Gasteiger partial charge in [0.05, 0.1) is 18.3 Å². The van der Waals surface area contributed by atoms with Gasteiger partial charge in [0.1, 0.15) is 11.5 Å². The van der Waals surface area contributed by atoms with Crippen LogP contribution in [-0.2, 0) is 6.54 Å². The highest BCUT2D eigenvalue weighted by Gasteiger charge is 2.42. The van der Waals surface area contributed by atoms with Crippen molar-refractivity contribution in [1.82, 2.24) is 15.1 Å². The van der Waals surface area contributed by atoms with Crippen LogP contribution in [0.1, 0.15) is 70.1 Å². The minimum atomic E-state index is -0.121. The number of benzene rings is 1. The second-order valence-electron chi connectivity index (χ2n) is 8.51. The maximum Gasteiger partial charge on any atom is 0.155 e. The molecular weight excluding hydrogens is 378 g/mol. The lowest BCUT2D eigenvalue weighted by molar-refractivity contribution is 0.149. The summed E-state index contributed by atoms with van der Waals surface area (Å²) in [6.07, 6.45) is 0.757. The average molecular weight is 414 g/mol. The number of fused-ring (bicyclic) bond motifs is 1. The molecule has 1 aromatic heterocycles. The fourth-order valence-electron chi connectivity index (χ4n) is 4.02. The molecule has 0 fully saturated rings. The van der Waals surface area contributed by atoms with Gasteiger partial charge >= 0.3 is 0 Å². The van der Waals surface area contributed by atoms with Gasteiger partial charge in [-0.15, -0.1) is 5.12 Å². The van der Waals surface area contributed by atoms with Crippen LogP contribution in [0, 0.1) is 5.92 Å². The highest BCUT2D eigenvalue weighted by atomic mass is 16.3. The number of nitrogens with two attached hydrogens (primary N) is 2. The number of nitrogens with zero attached hydrogens (tertiary/aromatic N) is 4. The first kappa shape index (κ1) is 22.3. The van der Waals surface area contributed by atoms with Crippen LogP contribution in [0.5, 0.6) is 0 Å². The summed E-state index contributed by atoms with van der Waals surface area (Å²) in [4.78, 5) is 9.76. The van der Waals surface area contributed by atoms with Crippen molar-refractivity contribution in [2.75, 3.05) is 22.7 Å². The molecule has 0 amide bonds. The first-order chi connectivity index (χ1) is 14.3. The summed E-state index contributed by atoms with van der Waals surface area (Å²) >= 11 is 0. The third kappa shape index (κ3) is 4.08. The molecule has 2 unspecified atom stereocenters. The normalized spacial score (nSPS) is 17.6. The summed E-state index contributed by atoms with van der Waals surface area (Å²) in [7, 11) is 0. The third-order valence-electron chi connectivity index (χ3n) is 5.67. The van der Waals surface area contributed by atoms with Gasteiger partial charge in [-0.3, -0.25) is 5.01 Å². The van der Waals surface area contributed by atoms with Crippen LogP contribution in [0.15, 0.2) is 24.3 Å². The SMILES string of the molecule is CCC(CO)c1nc(NCc2ccccc2N)c2c(n1)C(C(C)C)N(N)N2C(C)C. The number of nitrogens with one attached hydrogen (secondary N) is 1. The van der Waals surface area contributed by atoms with Gasteiger partial charge < -0.3 is 16.2 Å². The third-order valence-corrected chi connectivity index (χ3v) is 5.67. The second-order valence-corrected chi connectivity index (χ2v) is 8.51. The number of aliphatic hydroxyl groups is 1. The van der Waals surface area contributed by atoms with Crippen molar-refractivity contribution in [2.24, 2.45) is 11.8 Å². The summed E-state index contributed by atoms with van der Waals surface area (Å²) in [5.41, 5.74) is 9.67. The topological polar surface area (TPSA) is 117 Å². The molecule has 3 rings (SSSR count). The van der Waals surface area contributed by atoms with Crippen molar-refractivity contribution in [1.29, 1.82) is 0 Å². The fraction of sp³-hybridized carbons (Fsp3) is 0.545. The van der Waals surface area contributed by atoms with E-state index in [4.69, 9.17) is 21.5 Å². The Morgan fingerprint density at radius 2 is 1.87 bits per heavy atom. The van der Waals surface area contributed by atoms with E-state index in [1.165, 1.54) is 0 Å². The van der Waals surface area contributed by atoms with Gasteiger partial charge in [0, 0.05) is 24.2 Å². The minimum Gasteiger partial charge on any atom is -0.398 e. The van der Waals surface area contributed by atoms with E-state index in [1.807, 2.05) is 31.2 Å². The van der Waals surface area contributed by atoms with E-state index in [9.17, 15) is 5.11 Å². The maximum absolute atomic E-state index is 9.87. The summed E-state index contributed by atoms with van der Waals surface area (Å²) in [6, 6.07) is 7.85. The van der Waals surface area contributed by atoms with Crippen molar-refractivity contribution in [2.45, 2.75) is 65.6 Å². The number of para-hydroxylation sites is 1. The molecule has 30 heavy (non-hydrogen) atoms. The molecule has 1 aliphatic rings. The maximum atomic E-state index is 9.87. The molecule has 0 saturated carbocycles. The van der Waals surface area contributed by atoms with Gasteiger partial charge in [0.2, 0.25) is 0 Å². The van der Waals surface area contributed by atoms with E-state index in [2.05, 4.69) is 38.0 Å². The fourth-order valence-corrected chi connectivity index (χ4v) is 4.02. The zero-order valence-corrected chi connectivity index (χ0v) is 18.6. The molecule has 0 saturated heterocycles. The Hall–Kier alpha value is -2.42. The Morgan fingerprint density at radius 1 is 1.17 bits per heavy atom. The smallest absolute Gasteiger partial charge is 0.155 e. The number of hydrogen-bond donors (Lipinski definition) is 4. The number of aliphatic hydroxyl groups excluding tert-OH is 1. The highest BCUT2D eigenvalue weighted by molar-refractivity contribution is 5.72. The molecule has 2 aromatic rings. The highest BCUT2D eigenvalue weighted by Crippen LogP contribution is 2.46. The molecule has 0 bridgehead atoms. The van der Waals surface area contributed by atoms with E-state index >= 15 is 0 Å². The van der Waals surface area contributed by atoms with Gasteiger partial charge in [-0.1, -0.05) is 39.0 Å². The molecule has 2 atom stereocenters. The van der Waals surface area contributed by atoms with Crippen LogP contribution < -0.4 is 21.9 Å². The van der Waals surface area contributed by atoms with Crippen LogP contribution in [0.2, 0.25) is 0 Å². The van der Waals surface area contributed by atoms with Crippen LogP contribution in [0.3, 0.4) is 0 Å². The van der Waals surface area contributed by atoms with Crippen molar-refractivity contribution >= 4 is 17.2 Å². The first-order valence-corrected chi connectivity index (χ1v) is 10.7. The predicted molar refractivity (Wildman–Crippen MR) is 122 cm³/mol. The summed E-state index contributed by atoms with van der Waals surface area (Å²) < 4.78 is 0. The lowest BCUT2D eigenvalue weighted by Gasteiger charge is -2.34. The molecule has 8 heteroatoms. The Morgan fingerprint density at radius 3 is 2.43 bits per heavy atom. The Bertz CT molecular complexity index is 867. The number of hydrogen-bond acceptors (Lipinski definition) is 8. The lowest BCUT2D eigenvalue weighted by Crippen LogP contribution is -2.49. The van der Waals surface area contributed by atoms with Crippen molar-refractivity contribution in [3.8, 4) is 0 Å². The largest absolute Gasteiger partial charge is 0.398 e. The summed E-state index contributed by atoms with van der Waals surface area (Å²) in [5, 5.41) is 17.2. The molecule has 8 nitrogen and oxygen atoms in total. The molecule has 0 radical (unpaired) electrons. The van der Waals surface area contributed by atoms with Crippen LogP contribution >= 0.6 is 0 Å². The zero-order chi connectivity index (χ0) is 22.0. The summed E-state index contributed by atoms with van der Waals surface area (Å²) in [5.74, 6) is 8.06. The standard InChI is InChI=1S/C22H35N7O/c1-6-15(12-30)21-26-18-19(13(2)3)29(24)28(14(4)5)20(18)22(27-21)25-11-16-9-7-8-10-17(16)23/h7-10,13-15,19,30H,6,11-12,23-24H2,1-5H3,(H,25,26,27). The molecule has 164 valence electrons. The zero-order valence-electron chi connectivity index (χ0n) is 18.6. The number of rotatable bonds is 8. The Labute approximate surface area is 179 Å².